The summed E-state index contributed by atoms with van der Waals surface area (Å²) in [5.41, 5.74) is 0. The van der Waals surface area contributed by atoms with Crippen molar-refractivity contribution in [3.8, 4) is 0 Å². The normalized spacial score (nSPS) is 12.4. The van der Waals surface area contributed by atoms with E-state index in [0.717, 1.165) is 13.0 Å². The van der Waals surface area contributed by atoms with Crippen molar-refractivity contribution in [2.45, 2.75) is 39.3 Å². The first-order chi connectivity index (χ1) is 6.72. The lowest BCUT2D eigenvalue weighted by Crippen LogP contribution is -2.32. The van der Waals surface area contributed by atoms with E-state index >= 15 is 0 Å². The maximum Gasteiger partial charge on any atom is 0.221 e. The number of hydrogen-bond acceptors (Lipinski definition) is 1. The Morgan fingerprint density at radius 3 is 2.64 bits per heavy atom. The van der Waals surface area contributed by atoms with Crippen LogP contribution in [0, 0.1) is 0 Å². The molecule has 0 spiro atoms. The van der Waals surface area contributed by atoms with E-state index in [9.17, 15) is 4.79 Å². The highest BCUT2D eigenvalue weighted by molar-refractivity contribution is 5.76. The summed E-state index contributed by atoms with van der Waals surface area (Å²) in [5, 5.41) is 2.94. The summed E-state index contributed by atoms with van der Waals surface area (Å²) in [6.45, 7) is 4.85. The summed E-state index contributed by atoms with van der Waals surface area (Å²) < 4.78 is 2.01. The van der Waals surface area contributed by atoms with Crippen molar-refractivity contribution in [2.75, 3.05) is 0 Å². The quantitative estimate of drug-likeness (QED) is 0.762. The van der Waals surface area contributed by atoms with Crippen LogP contribution in [-0.2, 0) is 11.3 Å². The lowest BCUT2D eigenvalue weighted by molar-refractivity contribution is -0.121. The Morgan fingerprint density at radius 2 is 2.07 bits per heavy atom. The molecule has 0 aliphatic heterocycles. The molecule has 1 amide bonds. The Balaban J connectivity index is 2.22. The Labute approximate surface area is 85.1 Å². The molecule has 0 aliphatic rings. The van der Waals surface area contributed by atoms with E-state index in [2.05, 4.69) is 12.2 Å². The molecule has 1 heterocycles. The maximum atomic E-state index is 11.4. The van der Waals surface area contributed by atoms with Gasteiger partial charge >= 0.3 is 0 Å². The predicted molar refractivity (Wildman–Crippen MR) is 56.9 cm³/mol. The molecule has 14 heavy (non-hydrogen) atoms. The molecule has 3 heteroatoms. The summed E-state index contributed by atoms with van der Waals surface area (Å²) in [4.78, 5) is 11.4. The van der Waals surface area contributed by atoms with Crippen LogP contribution in [-0.4, -0.2) is 16.5 Å². The van der Waals surface area contributed by atoms with Gasteiger partial charge in [-0.05, 0) is 25.5 Å². The molecule has 1 N–H and O–H groups in total. The number of hydrogen-bond donors (Lipinski definition) is 1. The van der Waals surface area contributed by atoms with Crippen molar-refractivity contribution in [1.29, 1.82) is 0 Å². The second-order valence-corrected chi connectivity index (χ2v) is 3.55. The maximum absolute atomic E-state index is 11.4. The fraction of sp³-hybridized carbons (Fsp3) is 0.545. The summed E-state index contributed by atoms with van der Waals surface area (Å²) in [6, 6.07) is 4.21. The van der Waals surface area contributed by atoms with Gasteiger partial charge in [0, 0.05) is 31.4 Å². The van der Waals surface area contributed by atoms with Crippen LogP contribution < -0.4 is 5.32 Å². The molecule has 0 fully saturated rings. The minimum absolute atomic E-state index is 0.132. The van der Waals surface area contributed by atoms with Gasteiger partial charge in [-0.1, -0.05) is 6.92 Å². The first-order valence-electron chi connectivity index (χ1n) is 5.12. The summed E-state index contributed by atoms with van der Waals surface area (Å²) in [5.74, 6) is 0.132. The van der Waals surface area contributed by atoms with Gasteiger partial charge in [0.25, 0.3) is 0 Å². The lowest BCUT2D eigenvalue weighted by Gasteiger charge is -2.11. The number of nitrogens with zero attached hydrogens (tertiary/aromatic N) is 1. The first-order valence-corrected chi connectivity index (χ1v) is 5.12. The molecule has 0 aliphatic carbocycles. The zero-order valence-electron chi connectivity index (χ0n) is 8.86. The van der Waals surface area contributed by atoms with Crippen LogP contribution in [0.15, 0.2) is 24.5 Å². The van der Waals surface area contributed by atoms with E-state index in [0.29, 0.717) is 6.42 Å². The van der Waals surface area contributed by atoms with Crippen molar-refractivity contribution in [2.24, 2.45) is 0 Å². The Hall–Kier alpha value is -1.25. The molecular weight excluding hydrogens is 176 g/mol. The van der Waals surface area contributed by atoms with Crippen molar-refractivity contribution >= 4 is 5.91 Å². The summed E-state index contributed by atoms with van der Waals surface area (Å²) >= 11 is 0. The van der Waals surface area contributed by atoms with Gasteiger partial charge < -0.3 is 9.88 Å². The standard InChI is InChI=1S/C11H18N2O/c1-3-10(2)12-11(14)6-9-13-7-4-5-8-13/h4-5,7-8,10H,3,6,9H2,1-2H3,(H,12,14). The molecule has 0 saturated carbocycles. The Kier molecular flexibility index (Phi) is 4.23. The number of carbonyl (C=O) groups is 1. The van der Waals surface area contributed by atoms with E-state index in [1.165, 1.54) is 0 Å². The van der Waals surface area contributed by atoms with Gasteiger partial charge in [0.1, 0.15) is 0 Å². The van der Waals surface area contributed by atoms with Crippen LogP contribution in [0.4, 0.5) is 0 Å². The number of aryl methyl sites for hydroxylation is 1. The third-order valence-corrected chi connectivity index (χ3v) is 2.28. The molecule has 1 aromatic heterocycles. The van der Waals surface area contributed by atoms with Gasteiger partial charge in [0.15, 0.2) is 0 Å². The first kappa shape index (κ1) is 10.8. The molecule has 78 valence electrons. The third-order valence-electron chi connectivity index (χ3n) is 2.28. The number of nitrogens with one attached hydrogen (secondary N) is 1. The minimum atomic E-state index is 0.132. The third kappa shape index (κ3) is 3.64. The fourth-order valence-corrected chi connectivity index (χ4v) is 1.20. The average Bonchev–Trinajstić information content (AvgIpc) is 2.67. The zero-order chi connectivity index (χ0) is 10.4. The molecular formula is C11H18N2O. The molecule has 0 aromatic carbocycles. The summed E-state index contributed by atoms with van der Waals surface area (Å²) in [7, 11) is 0. The van der Waals surface area contributed by atoms with Crippen LogP contribution >= 0.6 is 0 Å². The van der Waals surface area contributed by atoms with Crippen LogP contribution in [0.25, 0.3) is 0 Å². The van der Waals surface area contributed by atoms with Crippen molar-refractivity contribution in [3.05, 3.63) is 24.5 Å². The highest BCUT2D eigenvalue weighted by Gasteiger charge is 2.04. The minimum Gasteiger partial charge on any atom is -0.354 e. The second kappa shape index (κ2) is 5.47. The van der Waals surface area contributed by atoms with Gasteiger partial charge in [0.2, 0.25) is 5.91 Å². The number of aromatic nitrogens is 1. The van der Waals surface area contributed by atoms with Crippen molar-refractivity contribution in [1.82, 2.24) is 9.88 Å². The largest absolute Gasteiger partial charge is 0.354 e. The predicted octanol–water partition coefficient (Wildman–Crippen LogP) is 1.79. The molecule has 1 rings (SSSR count). The molecule has 1 aromatic rings. The number of carbonyl (C=O) groups excluding carboxylic acids is 1. The molecule has 1 unspecified atom stereocenters. The van der Waals surface area contributed by atoms with Crippen molar-refractivity contribution < 1.29 is 4.79 Å². The van der Waals surface area contributed by atoms with Gasteiger partial charge in [-0.3, -0.25) is 4.79 Å². The average molecular weight is 194 g/mol. The topological polar surface area (TPSA) is 34.0 Å². The van der Waals surface area contributed by atoms with E-state index in [1.54, 1.807) is 0 Å². The van der Waals surface area contributed by atoms with E-state index in [4.69, 9.17) is 0 Å². The second-order valence-electron chi connectivity index (χ2n) is 3.55. The van der Waals surface area contributed by atoms with Crippen LogP contribution in [0.2, 0.25) is 0 Å². The number of rotatable bonds is 5. The molecule has 3 nitrogen and oxygen atoms in total. The lowest BCUT2D eigenvalue weighted by atomic mass is 10.2. The van der Waals surface area contributed by atoms with Gasteiger partial charge in [-0.25, -0.2) is 0 Å². The van der Waals surface area contributed by atoms with Crippen LogP contribution in [0.1, 0.15) is 26.7 Å². The molecule has 0 radical (unpaired) electrons. The molecule has 1 atom stereocenters. The van der Waals surface area contributed by atoms with E-state index in [1.807, 2.05) is 36.0 Å². The van der Waals surface area contributed by atoms with Gasteiger partial charge in [-0.15, -0.1) is 0 Å². The molecule has 0 saturated heterocycles. The smallest absolute Gasteiger partial charge is 0.221 e. The fourth-order valence-electron chi connectivity index (χ4n) is 1.20. The Morgan fingerprint density at radius 1 is 1.43 bits per heavy atom. The van der Waals surface area contributed by atoms with Gasteiger partial charge in [0.05, 0.1) is 0 Å². The van der Waals surface area contributed by atoms with Crippen molar-refractivity contribution in [3.63, 3.8) is 0 Å². The molecule has 0 bridgehead atoms. The SMILES string of the molecule is CCC(C)NC(=O)CCn1cccc1. The highest BCUT2D eigenvalue weighted by atomic mass is 16.1. The van der Waals surface area contributed by atoms with Gasteiger partial charge in [-0.2, -0.15) is 0 Å². The zero-order valence-corrected chi connectivity index (χ0v) is 8.86. The monoisotopic (exact) mass is 194 g/mol. The van der Waals surface area contributed by atoms with E-state index < -0.39 is 0 Å². The van der Waals surface area contributed by atoms with Crippen LogP contribution in [0.3, 0.4) is 0 Å². The highest BCUT2D eigenvalue weighted by Crippen LogP contribution is 1.95. The summed E-state index contributed by atoms with van der Waals surface area (Å²) in [6.07, 6.45) is 5.47. The number of amides is 1. The Bertz CT molecular complexity index is 267. The van der Waals surface area contributed by atoms with Crippen LogP contribution in [0.5, 0.6) is 0 Å². The van der Waals surface area contributed by atoms with E-state index in [-0.39, 0.29) is 11.9 Å².